The molecule has 0 aliphatic rings. The monoisotopic (exact) mass is 201 g/mol. The van der Waals surface area contributed by atoms with Gasteiger partial charge in [0.25, 0.3) is 0 Å². The fourth-order valence-corrected chi connectivity index (χ4v) is 1.79. The third-order valence-electron chi connectivity index (χ3n) is 2.87. The van der Waals surface area contributed by atoms with Gasteiger partial charge in [-0.05, 0) is 18.8 Å². The van der Waals surface area contributed by atoms with E-state index in [2.05, 4.69) is 13.8 Å². The van der Waals surface area contributed by atoms with Gasteiger partial charge < -0.3 is 10.5 Å². The molecule has 0 heterocycles. The van der Waals surface area contributed by atoms with Crippen LogP contribution >= 0.6 is 0 Å². The standard InChI is InChI=1S/C12H27NO/c1-4-6-7-11(5-2)8-9-12(13)10-14-3/h11-12H,4-10,13H2,1-3H3. The molecule has 0 aromatic carbocycles. The highest BCUT2D eigenvalue weighted by atomic mass is 16.5. The number of nitrogens with two attached hydrogens (primary N) is 1. The van der Waals surface area contributed by atoms with Crippen LogP contribution in [0.15, 0.2) is 0 Å². The Balaban J connectivity index is 3.50. The van der Waals surface area contributed by atoms with Gasteiger partial charge in [-0.3, -0.25) is 0 Å². The average Bonchev–Trinajstić information content (AvgIpc) is 2.19. The van der Waals surface area contributed by atoms with Gasteiger partial charge in [-0.25, -0.2) is 0 Å². The molecule has 2 unspecified atom stereocenters. The van der Waals surface area contributed by atoms with E-state index in [0.717, 1.165) is 12.3 Å². The Morgan fingerprint density at radius 2 is 1.86 bits per heavy atom. The summed E-state index contributed by atoms with van der Waals surface area (Å²) in [5.74, 6) is 0.873. The van der Waals surface area contributed by atoms with Gasteiger partial charge in [0.2, 0.25) is 0 Å². The summed E-state index contributed by atoms with van der Waals surface area (Å²) in [5, 5.41) is 0. The van der Waals surface area contributed by atoms with Crippen LogP contribution in [-0.4, -0.2) is 19.8 Å². The third kappa shape index (κ3) is 7.34. The normalized spacial score (nSPS) is 15.4. The van der Waals surface area contributed by atoms with E-state index in [1.54, 1.807) is 7.11 Å². The Labute approximate surface area is 89.2 Å². The Bertz CT molecular complexity index is 117. The molecule has 0 saturated heterocycles. The zero-order valence-corrected chi connectivity index (χ0v) is 10.1. The lowest BCUT2D eigenvalue weighted by Gasteiger charge is -2.17. The maximum Gasteiger partial charge on any atom is 0.0613 e. The van der Waals surface area contributed by atoms with Crippen molar-refractivity contribution in [2.45, 2.75) is 58.4 Å². The number of methoxy groups -OCH3 is 1. The van der Waals surface area contributed by atoms with Crippen molar-refractivity contribution >= 4 is 0 Å². The number of hydrogen-bond acceptors (Lipinski definition) is 2. The van der Waals surface area contributed by atoms with Gasteiger partial charge in [0.05, 0.1) is 6.61 Å². The van der Waals surface area contributed by atoms with Crippen molar-refractivity contribution in [1.29, 1.82) is 0 Å². The molecule has 86 valence electrons. The second kappa shape index (κ2) is 9.47. The minimum atomic E-state index is 0.232. The SMILES string of the molecule is CCCCC(CC)CCC(N)COC. The molecule has 14 heavy (non-hydrogen) atoms. The van der Waals surface area contributed by atoms with Gasteiger partial charge in [0.15, 0.2) is 0 Å². The zero-order chi connectivity index (χ0) is 10.8. The van der Waals surface area contributed by atoms with Crippen molar-refractivity contribution in [1.82, 2.24) is 0 Å². The molecule has 0 aliphatic heterocycles. The predicted molar refractivity (Wildman–Crippen MR) is 62.4 cm³/mol. The zero-order valence-electron chi connectivity index (χ0n) is 10.1. The van der Waals surface area contributed by atoms with E-state index in [1.165, 1.54) is 32.1 Å². The van der Waals surface area contributed by atoms with E-state index < -0.39 is 0 Å². The minimum Gasteiger partial charge on any atom is -0.383 e. The van der Waals surface area contributed by atoms with Crippen LogP contribution in [-0.2, 0) is 4.74 Å². The summed E-state index contributed by atoms with van der Waals surface area (Å²) in [5.41, 5.74) is 5.89. The number of ether oxygens (including phenoxy) is 1. The minimum absolute atomic E-state index is 0.232. The first-order chi connectivity index (χ1) is 6.74. The van der Waals surface area contributed by atoms with Crippen LogP contribution in [0.4, 0.5) is 0 Å². The molecule has 0 aliphatic carbocycles. The largest absolute Gasteiger partial charge is 0.383 e. The molecule has 0 spiro atoms. The van der Waals surface area contributed by atoms with Crippen molar-refractivity contribution < 1.29 is 4.74 Å². The van der Waals surface area contributed by atoms with Crippen molar-refractivity contribution in [3.8, 4) is 0 Å². The average molecular weight is 201 g/mol. The van der Waals surface area contributed by atoms with Crippen LogP contribution in [0, 0.1) is 5.92 Å². The molecule has 0 amide bonds. The van der Waals surface area contributed by atoms with Gasteiger partial charge in [-0.1, -0.05) is 39.5 Å². The topological polar surface area (TPSA) is 35.2 Å². The highest BCUT2D eigenvalue weighted by Crippen LogP contribution is 2.18. The highest BCUT2D eigenvalue weighted by Gasteiger charge is 2.08. The summed E-state index contributed by atoms with van der Waals surface area (Å²) in [6.07, 6.45) is 7.70. The van der Waals surface area contributed by atoms with Crippen LogP contribution in [0.25, 0.3) is 0 Å². The molecule has 0 aromatic rings. The van der Waals surface area contributed by atoms with Crippen LogP contribution in [0.5, 0.6) is 0 Å². The molecular formula is C12H27NO. The van der Waals surface area contributed by atoms with E-state index in [1.807, 2.05) is 0 Å². The van der Waals surface area contributed by atoms with E-state index in [9.17, 15) is 0 Å². The highest BCUT2D eigenvalue weighted by molar-refractivity contribution is 4.64. The molecule has 2 heteroatoms. The van der Waals surface area contributed by atoms with Gasteiger partial charge in [0.1, 0.15) is 0 Å². The molecule has 0 saturated carbocycles. The maximum absolute atomic E-state index is 5.89. The Hall–Kier alpha value is -0.0800. The van der Waals surface area contributed by atoms with Gasteiger partial charge in [-0.2, -0.15) is 0 Å². The Morgan fingerprint density at radius 1 is 1.14 bits per heavy atom. The first-order valence-corrected chi connectivity index (χ1v) is 5.99. The van der Waals surface area contributed by atoms with Crippen molar-refractivity contribution in [2.75, 3.05) is 13.7 Å². The smallest absolute Gasteiger partial charge is 0.0613 e. The first-order valence-electron chi connectivity index (χ1n) is 5.99. The molecule has 2 nitrogen and oxygen atoms in total. The summed E-state index contributed by atoms with van der Waals surface area (Å²) < 4.78 is 5.03. The molecule has 2 atom stereocenters. The molecular weight excluding hydrogens is 174 g/mol. The first kappa shape index (κ1) is 13.9. The molecule has 0 aromatic heterocycles. The van der Waals surface area contributed by atoms with Gasteiger partial charge in [-0.15, -0.1) is 0 Å². The van der Waals surface area contributed by atoms with Gasteiger partial charge in [0, 0.05) is 13.2 Å². The summed E-state index contributed by atoms with van der Waals surface area (Å²) in [4.78, 5) is 0. The molecule has 0 radical (unpaired) electrons. The molecule has 0 rings (SSSR count). The fraction of sp³-hybridized carbons (Fsp3) is 1.00. The van der Waals surface area contributed by atoms with Gasteiger partial charge >= 0.3 is 0 Å². The summed E-state index contributed by atoms with van der Waals surface area (Å²) in [6, 6.07) is 0.232. The van der Waals surface area contributed by atoms with E-state index >= 15 is 0 Å². The van der Waals surface area contributed by atoms with Crippen LogP contribution in [0.1, 0.15) is 52.4 Å². The predicted octanol–water partition coefficient (Wildman–Crippen LogP) is 2.96. The maximum atomic E-state index is 5.89. The lowest BCUT2D eigenvalue weighted by atomic mass is 9.93. The molecule has 0 fully saturated rings. The number of rotatable bonds is 9. The quantitative estimate of drug-likeness (QED) is 0.622. The third-order valence-corrected chi connectivity index (χ3v) is 2.87. The van der Waals surface area contributed by atoms with Crippen molar-refractivity contribution in [3.05, 3.63) is 0 Å². The summed E-state index contributed by atoms with van der Waals surface area (Å²) in [6.45, 7) is 5.23. The van der Waals surface area contributed by atoms with Crippen molar-refractivity contribution in [2.24, 2.45) is 11.7 Å². The fourth-order valence-electron chi connectivity index (χ4n) is 1.79. The Morgan fingerprint density at radius 3 is 2.36 bits per heavy atom. The number of hydrogen-bond donors (Lipinski definition) is 1. The Kier molecular flexibility index (Phi) is 9.42. The molecule has 2 N–H and O–H groups in total. The van der Waals surface area contributed by atoms with Crippen LogP contribution in [0.3, 0.4) is 0 Å². The summed E-state index contributed by atoms with van der Waals surface area (Å²) in [7, 11) is 1.72. The molecule has 0 bridgehead atoms. The summed E-state index contributed by atoms with van der Waals surface area (Å²) >= 11 is 0. The second-order valence-electron chi connectivity index (χ2n) is 4.21. The lowest BCUT2D eigenvalue weighted by molar-refractivity contribution is 0.173. The van der Waals surface area contributed by atoms with Crippen LogP contribution in [0.2, 0.25) is 0 Å². The van der Waals surface area contributed by atoms with Crippen LogP contribution < -0.4 is 5.73 Å². The van der Waals surface area contributed by atoms with E-state index in [4.69, 9.17) is 10.5 Å². The van der Waals surface area contributed by atoms with Crippen molar-refractivity contribution in [3.63, 3.8) is 0 Å². The lowest BCUT2D eigenvalue weighted by Crippen LogP contribution is -2.26. The van der Waals surface area contributed by atoms with E-state index in [0.29, 0.717) is 6.61 Å². The number of unbranched alkanes of at least 4 members (excludes halogenated alkanes) is 1. The van der Waals surface area contributed by atoms with E-state index in [-0.39, 0.29) is 6.04 Å². The second-order valence-corrected chi connectivity index (χ2v) is 4.21.